The molecule has 0 bridgehead atoms. The van der Waals surface area contributed by atoms with Crippen molar-refractivity contribution in [3.05, 3.63) is 48.4 Å². The summed E-state index contributed by atoms with van der Waals surface area (Å²) in [6.07, 6.45) is 7.00. The van der Waals surface area contributed by atoms with Gasteiger partial charge in [-0.1, -0.05) is 6.07 Å². The number of fused-ring (bicyclic) bond motifs is 1. The summed E-state index contributed by atoms with van der Waals surface area (Å²) in [6.45, 7) is 1.65. The van der Waals surface area contributed by atoms with Gasteiger partial charge in [0.15, 0.2) is 0 Å². The monoisotopic (exact) mass is 312 g/mol. The van der Waals surface area contributed by atoms with Crippen molar-refractivity contribution < 1.29 is 4.74 Å². The molecule has 2 atom stereocenters. The minimum Gasteiger partial charge on any atom is -0.380 e. The van der Waals surface area contributed by atoms with Crippen LogP contribution in [0.5, 0.6) is 0 Å². The summed E-state index contributed by atoms with van der Waals surface area (Å²) in [7, 11) is 3.76. The lowest BCUT2D eigenvalue weighted by Crippen LogP contribution is -2.26. The van der Waals surface area contributed by atoms with Crippen LogP contribution in [-0.4, -0.2) is 48.8 Å². The average molecular weight is 312 g/mol. The fraction of sp³-hybridized carbons (Fsp3) is 0.438. The molecule has 1 saturated heterocycles. The molecule has 0 spiro atoms. The van der Waals surface area contributed by atoms with E-state index in [1.165, 1.54) is 0 Å². The van der Waals surface area contributed by atoms with Crippen LogP contribution in [0.3, 0.4) is 0 Å². The average Bonchev–Trinajstić information content (AvgIpc) is 3.24. The zero-order chi connectivity index (χ0) is 15.8. The maximum absolute atomic E-state index is 5.58. The minimum atomic E-state index is 0.206. The normalized spacial score (nSPS) is 22.2. The van der Waals surface area contributed by atoms with Crippen LogP contribution in [0, 0.1) is 0 Å². The molecular formula is C16H20N6O. The second-order valence-corrected chi connectivity index (χ2v) is 6.04. The van der Waals surface area contributed by atoms with E-state index >= 15 is 0 Å². The summed E-state index contributed by atoms with van der Waals surface area (Å²) in [5.41, 5.74) is 2.03. The topological polar surface area (TPSA) is 60.5 Å². The van der Waals surface area contributed by atoms with E-state index < -0.39 is 0 Å². The third kappa shape index (κ3) is 2.62. The number of aryl methyl sites for hydroxylation is 1. The molecule has 1 aliphatic rings. The van der Waals surface area contributed by atoms with Gasteiger partial charge in [-0.05, 0) is 18.6 Å². The molecule has 1 aliphatic heterocycles. The van der Waals surface area contributed by atoms with Gasteiger partial charge in [0, 0.05) is 39.6 Å². The summed E-state index contributed by atoms with van der Waals surface area (Å²) < 4.78 is 9.62. The number of pyridine rings is 1. The number of methoxy groups -OCH3 is 1. The van der Waals surface area contributed by atoms with Crippen LogP contribution in [0.15, 0.2) is 36.9 Å². The summed E-state index contributed by atoms with van der Waals surface area (Å²) in [6, 6.07) is 6.24. The third-order valence-electron chi connectivity index (χ3n) is 4.52. The van der Waals surface area contributed by atoms with Crippen LogP contribution in [0.4, 0.5) is 0 Å². The number of hydrogen-bond donors (Lipinski definition) is 0. The summed E-state index contributed by atoms with van der Waals surface area (Å²) >= 11 is 0. The quantitative estimate of drug-likeness (QED) is 0.729. The van der Waals surface area contributed by atoms with Gasteiger partial charge in [0.05, 0.1) is 17.8 Å². The summed E-state index contributed by atoms with van der Waals surface area (Å²) in [5, 5.41) is 8.31. The zero-order valence-electron chi connectivity index (χ0n) is 13.3. The Morgan fingerprint density at radius 3 is 3.00 bits per heavy atom. The van der Waals surface area contributed by atoms with Crippen molar-refractivity contribution in [1.82, 2.24) is 29.0 Å². The van der Waals surface area contributed by atoms with E-state index in [9.17, 15) is 0 Å². The van der Waals surface area contributed by atoms with Crippen LogP contribution < -0.4 is 0 Å². The Labute approximate surface area is 134 Å². The highest BCUT2D eigenvalue weighted by atomic mass is 16.5. The van der Waals surface area contributed by atoms with E-state index in [4.69, 9.17) is 9.72 Å². The molecule has 120 valence electrons. The van der Waals surface area contributed by atoms with Gasteiger partial charge in [-0.3, -0.25) is 4.90 Å². The van der Waals surface area contributed by atoms with Crippen molar-refractivity contribution in [2.24, 2.45) is 7.05 Å². The molecular weight excluding hydrogens is 292 g/mol. The van der Waals surface area contributed by atoms with Crippen molar-refractivity contribution in [2.75, 3.05) is 13.7 Å². The van der Waals surface area contributed by atoms with Crippen LogP contribution >= 0.6 is 0 Å². The SMILES string of the molecule is CO[C@@H]1C[C@@H](c2nncn2C)N(Cc2cn3ccccc3n2)C1. The van der Waals surface area contributed by atoms with Gasteiger partial charge in [-0.2, -0.15) is 0 Å². The Morgan fingerprint density at radius 2 is 2.26 bits per heavy atom. The lowest BCUT2D eigenvalue weighted by atomic mass is 10.2. The smallest absolute Gasteiger partial charge is 0.150 e. The van der Waals surface area contributed by atoms with E-state index in [-0.39, 0.29) is 12.1 Å². The summed E-state index contributed by atoms with van der Waals surface area (Å²) in [5.74, 6) is 0.980. The number of hydrogen-bond acceptors (Lipinski definition) is 5. The van der Waals surface area contributed by atoms with Crippen molar-refractivity contribution in [3.63, 3.8) is 0 Å². The Kier molecular flexibility index (Phi) is 3.59. The maximum atomic E-state index is 5.58. The Bertz CT molecular complexity index is 777. The fourth-order valence-electron chi connectivity index (χ4n) is 3.34. The highest BCUT2D eigenvalue weighted by Crippen LogP contribution is 2.33. The second-order valence-electron chi connectivity index (χ2n) is 6.04. The second kappa shape index (κ2) is 5.75. The van der Waals surface area contributed by atoms with Crippen LogP contribution in [-0.2, 0) is 18.3 Å². The van der Waals surface area contributed by atoms with Crippen LogP contribution in [0.25, 0.3) is 5.65 Å². The van der Waals surface area contributed by atoms with E-state index in [1.807, 2.05) is 36.0 Å². The molecule has 0 aromatic carbocycles. The predicted molar refractivity (Wildman–Crippen MR) is 84.8 cm³/mol. The van der Waals surface area contributed by atoms with E-state index in [2.05, 4.69) is 25.7 Å². The van der Waals surface area contributed by atoms with Crippen molar-refractivity contribution in [2.45, 2.75) is 25.1 Å². The van der Waals surface area contributed by atoms with Gasteiger partial charge in [0.2, 0.25) is 0 Å². The van der Waals surface area contributed by atoms with Crippen molar-refractivity contribution >= 4 is 5.65 Å². The molecule has 4 heterocycles. The first kappa shape index (κ1) is 14.3. The number of rotatable bonds is 4. The Hall–Kier alpha value is -2.25. The highest BCUT2D eigenvalue weighted by molar-refractivity contribution is 5.39. The molecule has 7 heteroatoms. The van der Waals surface area contributed by atoms with Gasteiger partial charge in [0.25, 0.3) is 0 Å². The van der Waals surface area contributed by atoms with Gasteiger partial charge < -0.3 is 13.7 Å². The number of imidazole rings is 1. The van der Waals surface area contributed by atoms with E-state index in [1.54, 1.807) is 13.4 Å². The molecule has 0 N–H and O–H groups in total. The van der Waals surface area contributed by atoms with Gasteiger partial charge in [0.1, 0.15) is 17.8 Å². The maximum Gasteiger partial charge on any atom is 0.150 e. The third-order valence-corrected chi connectivity index (χ3v) is 4.52. The molecule has 0 saturated carbocycles. The largest absolute Gasteiger partial charge is 0.380 e. The molecule has 1 fully saturated rings. The molecule has 7 nitrogen and oxygen atoms in total. The fourth-order valence-corrected chi connectivity index (χ4v) is 3.34. The van der Waals surface area contributed by atoms with Crippen molar-refractivity contribution in [3.8, 4) is 0 Å². The minimum absolute atomic E-state index is 0.206. The molecule has 0 aliphatic carbocycles. The highest BCUT2D eigenvalue weighted by Gasteiger charge is 2.36. The van der Waals surface area contributed by atoms with Gasteiger partial charge in [-0.25, -0.2) is 4.98 Å². The standard InChI is InChI=1S/C16H20N6O/c1-20-11-17-19-16(20)14-7-13(23-2)10-22(14)9-12-8-21-6-4-3-5-15(21)18-12/h3-6,8,11,13-14H,7,9-10H2,1-2H3/t13-,14+/m1/s1. The Morgan fingerprint density at radius 1 is 1.35 bits per heavy atom. The molecule has 0 amide bonds. The molecule has 3 aromatic rings. The summed E-state index contributed by atoms with van der Waals surface area (Å²) in [4.78, 5) is 7.08. The Balaban J connectivity index is 1.61. The molecule has 0 unspecified atom stereocenters. The molecule has 23 heavy (non-hydrogen) atoms. The zero-order valence-corrected chi connectivity index (χ0v) is 13.3. The lowest BCUT2D eigenvalue weighted by Gasteiger charge is -2.22. The molecule has 3 aromatic heterocycles. The van der Waals surface area contributed by atoms with Crippen LogP contribution in [0.1, 0.15) is 24.0 Å². The van der Waals surface area contributed by atoms with E-state index in [0.29, 0.717) is 0 Å². The van der Waals surface area contributed by atoms with Crippen molar-refractivity contribution in [1.29, 1.82) is 0 Å². The number of ether oxygens (including phenoxy) is 1. The van der Waals surface area contributed by atoms with Gasteiger partial charge in [-0.15, -0.1) is 10.2 Å². The molecule has 4 rings (SSSR count). The number of nitrogens with zero attached hydrogens (tertiary/aromatic N) is 6. The first-order chi connectivity index (χ1) is 11.2. The predicted octanol–water partition coefficient (Wildman–Crippen LogP) is 1.42. The van der Waals surface area contributed by atoms with Crippen LogP contribution in [0.2, 0.25) is 0 Å². The number of likely N-dealkylation sites (tertiary alicyclic amines) is 1. The van der Waals surface area contributed by atoms with Gasteiger partial charge >= 0.3 is 0 Å². The van der Waals surface area contributed by atoms with E-state index in [0.717, 1.165) is 36.7 Å². The lowest BCUT2D eigenvalue weighted by molar-refractivity contribution is 0.107. The first-order valence-electron chi connectivity index (χ1n) is 7.78. The first-order valence-corrected chi connectivity index (χ1v) is 7.78. The molecule has 0 radical (unpaired) electrons. The number of aromatic nitrogens is 5.